The molecule has 2 heterocycles. The van der Waals surface area contributed by atoms with Crippen LogP contribution in [0.1, 0.15) is 64.1 Å². The zero-order valence-corrected chi connectivity index (χ0v) is 16.7. The Bertz CT molecular complexity index is 925. The molecule has 2 atom stereocenters. The molecule has 1 aliphatic carbocycles. The highest BCUT2D eigenvalue weighted by Crippen LogP contribution is 2.38. The van der Waals surface area contributed by atoms with Crippen LogP contribution >= 0.6 is 0 Å². The maximum atomic E-state index is 10.0. The third kappa shape index (κ3) is 2.89. The van der Waals surface area contributed by atoms with Crippen LogP contribution in [-0.4, -0.2) is 34.1 Å². The molecule has 0 spiro atoms. The van der Waals surface area contributed by atoms with Gasteiger partial charge in [0, 0.05) is 28.6 Å². The highest BCUT2D eigenvalue weighted by molar-refractivity contribution is 6.65. The largest absolute Gasteiger partial charge is 0.497 e. The summed E-state index contributed by atoms with van der Waals surface area (Å²) < 4.78 is 14.8. The molecule has 2 fully saturated rings. The fourth-order valence-corrected chi connectivity index (χ4v) is 4.19. The van der Waals surface area contributed by atoms with Crippen LogP contribution in [0.2, 0.25) is 0 Å². The molecule has 1 aromatic carbocycles. The fraction of sp³-hybridized carbons (Fsp3) is 0.571. The normalized spacial score (nSPS) is 26.6. The summed E-state index contributed by atoms with van der Waals surface area (Å²) in [5, 5.41) is 20.5. The Kier molecular flexibility index (Phi) is 4.19. The molecule has 2 aliphatic rings. The van der Waals surface area contributed by atoms with Crippen molar-refractivity contribution in [2.45, 2.75) is 77.2 Å². The van der Waals surface area contributed by atoms with Gasteiger partial charge in [-0.25, -0.2) is 0 Å². The van der Waals surface area contributed by atoms with Gasteiger partial charge in [0.15, 0.2) is 0 Å². The number of aromatic nitrogens is 1. The van der Waals surface area contributed by atoms with Crippen LogP contribution in [0.3, 0.4) is 0 Å². The first-order chi connectivity index (χ1) is 12.6. The Morgan fingerprint density at radius 3 is 2.41 bits per heavy atom. The summed E-state index contributed by atoms with van der Waals surface area (Å²) in [6, 6.07) is 6.58. The zero-order valence-electron chi connectivity index (χ0n) is 16.7. The van der Waals surface area contributed by atoms with Crippen LogP contribution in [0.5, 0.6) is 0 Å². The monoisotopic (exact) mass is 366 g/mol. The Morgan fingerprint density at radius 1 is 1.19 bits per heavy atom. The number of aliphatic hydroxyl groups is 1. The Morgan fingerprint density at radius 2 is 1.85 bits per heavy atom. The van der Waals surface area contributed by atoms with E-state index in [1.54, 1.807) is 0 Å². The van der Waals surface area contributed by atoms with E-state index in [2.05, 4.69) is 22.9 Å². The van der Waals surface area contributed by atoms with Gasteiger partial charge in [0.2, 0.25) is 0 Å². The van der Waals surface area contributed by atoms with Crippen molar-refractivity contribution in [1.29, 1.82) is 5.26 Å². The van der Waals surface area contributed by atoms with Crippen molar-refractivity contribution < 1.29 is 14.4 Å². The molecule has 1 N–H and O–H groups in total. The number of aliphatic hydroxyl groups excluding tert-OH is 1. The number of nitriles is 1. The van der Waals surface area contributed by atoms with Crippen molar-refractivity contribution in [1.82, 2.24) is 4.57 Å². The summed E-state index contributed by atoms with van der Waals surface area (Å²) in [6.07, 6.45) is 4.40. The molecule has 1 aromatic heterocycles. The summed E-state index contributed by atoms with van der Waals surface area (Å²) in [5.74, 6) is 0. The summed E-state index contributed by atoms with van der Waals surface area (Å²) in [4.78, 5) is 0. The van der Waals surface area contributed by atoms with E-state index >= 15 is 0 Å². The molecule has 142 valence electrons. The van der Waals surface area contributed by atoms with E-state index in [0.29, 0.717) is 5.56 Å². The SMILES string of the molecule is Cc1cc2c(cc1C#N)c(B1OC(C)(C)C(C)(C)O1)cn2[C@@H]1CC[C@H](O)C1. The van der Waals surface area contributed by atoms with Crippen LogP contribution in [0, 0.1) is 18.3 Å². The summed E-state index contributed by atoms with van der Waals surface area (Å²) >= 11 is 0. The lowest BCUT2D eigenvalue weighted by Crippen LogP contribution is -2.41. The van der Waals surface area contributed by atoms with Crippen molar-refractivity contribution in [3.05, 3.63) is 29.5 Å². The molecule has 6 heteroatoms. The maximum Gasteiger partial charge on any atom is 0.497 e. The average molecular weight is 366 g/mol. The quantitative estimate of drug-likeness (QED) is 0.829. The van der Waals surface area contributed by atoms with Crippen molar-refractivity contribution in [2.75, 3.05) is 0 Å². The van der Waals surface area contributed by atoms with Gasteiger partial charge in [-0.2, -0.15) is 5.26 Å². The minimum atomic E-state index is -0.473. The second-order valence-electron chi connectivity index (χ2n) is 9.00. The maximum absolute atomic E-state index is 10.0. The third-order valence-corrected chi connectivity index (χ3v) is 6.61. The Hall–Kier alpha value is -1.81. The van der Waals surface area contributed by atoms with E-state index < -0.39 is 18.3 Å². The highest BCUT2D eigenvalue weighted by atomic mass is 16.7. The number of aryl methyl sites for hydroxylation is 1. The molecular formula is C21H27BN2O3. The van der Waals surface area contributed by atoms with Crippen LogP contribution in [0.25, 0.3) is 10.9 Å². The van der Waals surface area contributed by atoms with Gasteiger partial charge in [0.25, 0.3) is 0 Å². The molecule has 4 rings (SSSR count). The molecule has 0 radical (unpaired) electrons. The van der Waals surface area contributed by atoms with Gasteiger partial charge >= 0.3 is 7.12 Å². The predicted molar refractivity (Wildman–Crippen MR) is 106 cm³/mol. The van der Waals surface area contributed by atoms with E-state index in [1.165, 1.54) is 0 Å². The van der Waals surface area contributed by atoms with Gasteiger partial charge in [-0.15, -0.1) is 0 Å². The van der Waals surface area contributed by atoms with Crippen LogP contribution in [0.15, 0.2) is 18.3 Å². The number of nitrogens with zero attached hydrogens (tertiary/aromatic N) is 2. The predicted octanol–water partition coefficient (Wildman–Crippen LogP) is 3.21. The van der Waals surface area contributed by atoms with Crippen LogP contribution < -0.4 is 5.46 Å². The van der Waals surface area contributed by atoms with E-state index in [9.17, 15) is 10.4 Å². The van der Waals surface area contributed by atoms with Gasteiger partial charge < -0.3 is 19.0 Å². The lowest BCUT2D eigenvalue weighted by molar-refractivity contribution is 0.00578. The molecule has 1 aliphatic heterocycles. The molecule has 1 saturated heterocycles. The number of fused-ring (bicyclic) bond motifs is 1. The second-order valence-corrected chi connectivity index (χ2v) is 9.00. The van der Waals surface area contributed by atoms with Gasteiger partial charge in [0.05, 0.1) is 28.9 Å². The molecule has 0 unspecified atom stereocenters. The topological polar surface area (TPSA) is 67.4 Å². The third-order valence-electron chi connectivity index (χ3n) is 6.61. The van der Waals surface area contributed by atoms with E-state index in [-0.39, 0.29) is 12.1 Å². The molecule has 27 heavy (non-hydrogen) atoms. The lowest BCUT2D eigenvalue weighted by Gasteiger charge is -2.32. The Balaban J connectivity index is 1.87. The first kappa shape index (κ1) is 18.6. The van der Waals surface area contributed by atoms with Crippen molar-refractivity contribution in [3.8, 4) is 6.07 Å². The minimum absolute atomic E-state index is 0.243. The van der Waals surface area contributed by atoms with E-state index in [4.69, 9.17) is 9.31 Å². The first-order valence-corrected chi connectivity index (χ1v) is 9.72. The van der Waals surface area contributed by atoms with E-state index in [1.807, 2.05) is 40.7 Å². The van der Waals surface area contributed by atoms with Crippen molar-refractivity contribution in [2.24, 2.45) is 0 Å². The van der Waals surface area contributed by atoms with Crippen LogP contribution in [0.4, 0.5) is 0 Å². The van der Waals surface area contributed by atoms with Gasteiger partial charge in [-0.1, -0.05) is 0 Å². The summed E-state index contributed by atoms with van der Waals surface area (Å²) in [6.45, 7) is 10.1. The van der Waals surface area contributed by atoms with Crippen LogP contribution in [-0.2, 0) is 9.31 Å². The summed E-state index contributed by atoms with van der Waals surface area (Å²) in [7, 11) is -0.473. The van der Waals surface area contributed by atoms with Gasteiger partial charge in [-0.3, -0.25) is 0 Å². The smallest absolute Gasteiger partial charge is 0.399 e. The molecule has 2 aromatic rings. The highest BCUT2D eigenvalue weighted by Gasteiger charge is 2.52. The van der Waals surface area contributed by atoms with Crippen molar-refractivity contribution in [3.63, 3.8) is 0 Å². The molecular weight excluding hydrogens is 339 g/mol. The number of hydrogen-bond donors (Lipinski definition) is 1. The summed E-state index contributed by atoms with van der Waals surface area (Å²) in [5.41, 5.74) is 2.83. The number of hydrogen-bond acceptors (Lipinski definition) is 4. The second kappa shape index (κ2) is 6.10. The van der Waals surface area contributed by atoms with Crippen molar-refractivity contribution >= 4 is 23.5 Å². The fourth-order valence-electron chi connectivity index (χ4n) is 4.19. The molecule has 1 saturated carbocycles. The number of rotatable bonds is 2. The van der Waals surface area contributed by atoms with Gasteiger partial charge in [0.1, 0.15) is 0 Å². The van der Waals surface area contributed by atoms with Gasteiger partial charge in [-0.05, 0) is 71.6 Å². The standard InChI is InChI=1S/C21H27BN2O3/c1-13-8-19-17(9-14(13)11-23)18(12-24(19)15-6-7-16(25)10-15)22-26-20(2,3)21(4,5)27-22/h8-9,12,15-16,25H,6-7,10H2,1-5H3/t15-,16+/m1/s1. The first-order valence-electron chi connectivity index (χ1n) is 9.72. The zero-order chi connectivity index (χ0) is 19.6. The minimum Gasteiger partial charge on any atom is -0.399 e. The molecule has 5 nitrogen and oxygen atoms in total. The molecule has 0 amide bonds. The number of benzene rings is 1. The van der Waals surface area contributed by atoms with E-state index in [0.717, 1.165) is 41.2 Å². The lowest BCUT2D eigenvalue weighted by atomic mass is 9.78. The average Bonchev–Trinajstić information content (AvgIpc) is 3.21. The molecule has 0 bridgehead atoms. The Labute approximate surface area is 161 Å².